The lowest BCUT2D eigenvalue weighted by Gasteiger charge is -2.49. The predicted octanol–water partition coefficient (Wildman–Crippen LogP) is 5.66. The normalized spacial score (nSPS) is 21.9. The molecule has 10 heteroatoms. The number of aromatic nitrogens is 2. The lowest BCUT2D eigenvalue weighted by Crippen LogP contribution is -2.58. The van der Waals surface area contributed by atoms with Gasteiger partial charge in [-0.15, -0.1) is 0 Å². The van der Waals surface area contributed by atoms with Gasteiger partial charge in [-0.2, -0.15) is 17.6 Å². The summed E-state index contributed by atoms with van der Waals surface area (Å²) in [6.07, 6.45) is -5.83. The Hall–Kier alpha value is -3.01. The molecular weight excluding hydrogens is 457 g/mol. The number of aryl methyl sites for hydroxylation is 2. The first-order chi connectivity index (χ1) is 15.7. The first-order valence-corrected chi connectivity index (χ1v) is 10.6. The molecule has 1 aliphatic rings. The van der Waals surface area contributed by atoms with Crippen molar-refractivity contribution in [1.82, 2.24) is 9.97 Å². The van der Waals surface area contributed by atoms with Gasteiger partial charge < -0.3 is 15.2 Å². The molecule has 4 rings (SSSR count). The van der Waals surface area contributed by atoms with Crippen LogP contribution in [0.25, 0.3) is 10.9 Å². The van der Waals surface area contributed by atoms with Crippen LogP contribution >= 0.6 is 0 Å². The van der Waals surface area contributed by atoms with Crippen LogP contribution in [0.3, 0.4) is 0 Å². The minimum Gasteiger partial charge on any atom is -0.496 e. The molecule has 2 unspecified atom stereocenters. The fourth-order valence-electron chi connectivity index (χ4n) is 5.04. The van der Waals surface area contributed by atoms with Crippen molar-refractivity contribution in [2.45, 2.75) is 57.3 Å². The number of ether oxygens (including phenoxy) is 1. The van der Waals surface area contributed by atoms with Crippen LogP contribution in [0.15, 0.2) is 24.3 Å². The molecule has 0 radical (unpaired) electrons. The minimum absolute atomic E-state index is 0.0160. The molecule has 0 fully saturated rings. The molecule has 182 valence electrons. The highest BCUT2D eigenvalue weighted by molar-refractivity contribution is 5.92. The van der Waals surface area contributed by atoms with Gasteiger partial charge in [-0.25, -0.2) is 14.4 Å². The Kier molecular flexibility index (Phi) is 5.51. The number of aliphatic hydroxyl groups is 1. The van der Waals surface area contributed by atoms with Crippen molar-refractivity contribution < 1.29 is 31.8 Å². The average molecular weight is 481 g/mol. The third-order valence-corrected chi connectivity index (χ3v) is 6.43. The van der Waals surface area contributed by atoms with Gasteiger partial charge in [0.25, 0.3) is 0 Å². The molecule has 0 saturated heterocycles. The highest BCUT2D eigenvalue weighted by Crippen LogP contribution is 2.57. The monoisotopic (exact) mass is 481 g/mol. The summed E-state index contributed by atoms with van der Waals surface area (Å²) in [7, 11) is 1.41. The second-order valence-corrected chi connectivity index (χ2v) is 9.32. The topological polar surface area (TPSA) is 67.3 Å². The van der Waals surface area contributed by atoms with Gasteiger partial charge in [-0.05, 0) is 48.9 Å². The highest BCUT2D eigenvalue weighted by atomic mass is 19.4. The average Bonchev–Trinajstić information content (AvgIpc) is 2.71. The second-order valence-electron chi connectivity index (χ2n) is 9.32. The first-order valence-electron chi connectivity index (χ1n) is 10.6. The zero-order valence-electron chi connectivity index (χ0n) is 19.2. The molecule has 5 nitrogen and oxygen atoms in total. The number of methoxy groups -OCH3 is 1. The van der Waals surface area contributed by atoms with E-state index in [1.54, 1.807) is 26.8 Å². The zero-order chi connectivity index (χ0) is 25.2. The molecule has 0 saturated carbocycles. The fraction of sp³-hybridized carbons (Fsp3) is 0.417. The maximum atomic E-state index is 15.0. The molecule has 0 bridgehead atoms. The second kappa shape index (κ2) is 7.76. The summed E-state index contributed by atoms with van der Waals surface area (Å²) in [4.78, 5) is 7.66. The van der Waals surface area contributed by atoms with Crippen LogP contribution in [-0.4, -0.2) is 34.0 Å². The van der Waals surface area contributed by atoms with Crippen molar-refractivity contribution in [3.8, 4) is 5.75 Å². The SMILES string of the molecule is COc1c(C)ccc2c1C(C)(C)CC(O)(C(F)(F)F)C2Nc1c(F)ccc2nc(C)nc(F)c12. The van der Waals surface area contributed by atoms with Crippen molar-refractivity contribution in [2.75, 3.05) is 12.4 Å². The summed E-state index contributed by atoms with van der Waals surface area (Å²) < 4.78 is 78.5. The third-order valence-electron chi connectivity index (χ3n) is 6.43. The van der Waals surface area contributed by atoms with Crippen LogP contribution in [0.4, 0.5) is 27.6 Å². The van der Waals surface area contributed by atoms with Crippen molar-refractivity contribution in [3.63, 3.8) is 0 Å². The Morgan fingerprint density at radius 2 is 1.76 bits per heavy atom. The number of fused-ring (bicyclic) bond motifs is 2. The van der Waals surface area contributed by atoms with Crippen LogP contribution in [0.2, 0.25) is 0 Å². The van der Waals surface area contributed by atoms with Crippen molar-refractivity contribution in [2.24, 2.45) is 0 Å². The number of halogens is 5. The molecule has 2 atom stereocenters. The Balaban J connectivity index is 2.03. The predicted molar refractivity (Wildman–Crippen MR) is 117 cm³/mol. The lowest BCUT2D eigenvalue weighted by atomic mass is 9.63. The van der Waals surface area contributed by atoms with Crippen LogP contribution in [-0.2, 0) is 5.41 Å². The minimum atomic E-state index is -5.09. The maximum Gasteiger partial charge on any atom is 0.419 e. The van der Waals surface area contributed by atoms with E-state index in [0.717, 1.165) is 6.07 Å². The molecule has 1 aliphatic carbocycles. The number of hydrogen-bond donors (Lipinski definition) is 2. The van der Waals surface area contributed by atoms with Gasteiger partial charge in [-0.1, -0.05) is 26.0 Å². The van der Waals surface area contributed by atoms with Gasteiger partial charge >= 0.3 is 6.18 Å². The Morgan fingerprint density at radius 1 is 1.09 bits per heavy atom. The van der Waals surface area contributed by atoms with Gasteiger partial charge in [0.2, 0.25) is 5.95 Å². The fourth-order valence-corrected chi connectivity index (χ4v) is 5.04. The number of nitrogens with zero attached hydrogens (tertiary/aromatic N) is 2. The Labute approximate surface area is 193 Å². The summed E-state index contributed by atoms with van der Waals surface area (Å²) in [5.74, 6) is -1.63. The van der Waals surface area contributed by atoms with E-state index in [0.29, 0.717) is 16.9 Å². The summed E-state index contributed by atoms with van der Waals surface area (Å²) in [5.41, 5.74) is -3.79. The quantitative estimate of drug-likeness (QED) is 0.373. The van der Waals surface area contributed by atoms with Crippen molar-refractivity contribution >= 4 is 16.6 Å². The maximum absolute atomic E-state index is 15.0. The van der Waals surface area contributed by atoms with E-state index in [1.165, 1.54) is 26.2 Å². The molecule has 2 aromatic carbocycles. The van der Waals surface area contributed by atoms with Gasteiger partial charge in [-0.3, -0.25) is 0 Å². The molecule has 2 N–H and O–H groups in total. The van der Waals surface area contributed by atoms with Gasteiger partial charge in [0, 0.05) is 5.56 Å². The highest BCUT2D eigenvalue weighted by Gasteiger charge is 2.64. The number of nitrogens with one attached hydrogen (secondary N) is 1. The van der Waals surface area contributed by atoms with E-state index >= 15 is 0 Å². The van der Waals surface area contributed by atoms with Crippen LogP contribution < -0.4 is 10.1 Å². The number of hydrogen-bond acceptors (Lipinski definition) is 5. The first kappa shape index (κ1) is 24.1. The van der Waals surface area contributed by atoms with E-state index in [-0.39, 0.29) is 16.9 Å². The Bertz CT molecular complexity index is 1290. The molecule has 1 heterocycles. The van der Waals surface area contributed by atoms with Gasteiger partial charge in [0.15, 0.2) is 5.60 Å². The Morgan fingerprint density at radius 3 is 2.38 bits per heavy atom. The molecule has 3 aromatic rings. The smallest absolute Gasteiger partial charge is 0.419 e. The van der Waals surface area contributed by atoms with Crippen molar-refractivity contribution in [3.05, 3.63) is 58.5 Å². The van der Waals surface area contributed by atoms with E-state index in [9.17, 15) is 27.1 Å². The number of alkyl halides is 3. The zero-order valence-corrected chi connectivity index (χ0v) is 19.2. The van der Waals surface area contributed by atoms with Crippen LogP contribution in [0.5, 0.6) is 5.75 Å². The van der Waals surface area contributed by atoms with Crippen LogP contribution in [0, 0.1) is 25.6 Å². The largest absolute Gasteiger partial charge is 0.496 e. The summed E-state index contributed by atoms with van der Waals surface area (Å²) in [5, 5.41) is 13.2. The molecule has 0 aliphatic heterocycles. The molecule has 34 heavy (non-hydrogen) atoms. The number of anilines is 1. The molecule has 0 amide bonds. The van der Waals surface area contributed by atoms with E-state index in [1.807, 2.05) is 0 Å². The molecule has 0 spiro atoms. The number of rotatable bonds is 3. The van der Waals surface area contributed by atoms with E-state index in [4.69, 9.17) is 4.74 Å². The molecule has 1 aromatic heterocycles. The summed E-state index contributed by atoms with van der Waals surface area (Å²) in [6, 6.07) is 3.34. The standard InChI is InChI=1S/C24H24F5N3O2/c1-11-6-7-13-17(19(11)34-5)22(3,4)10-23(33,24(27,28)29)20(13)32-18-14(25)8-9-15-16(18)21(26)31-12(2)30-15/h6-9,20,32-33H,10H2,1-5H3. The van der Waals surface area contributed by atoms with E-state index < -0.39 is 52.5 Å². The lowest BCUT2D eigenvalue weighted by molar-refractivity contribution is -0.276. The molecular formula is C24H24F5N3O2. The third kappa shape index (κ3) is 3.55. The summed E-state index contributed by atoms with van der Waals surface area (Å²) in [6.45, 7) is 6.35. The van der Waals surface area contributed by atoms with Gasteiger partial charge in [0.05, 0.1) is 29.7 Å². The van der Waals surface area contributed by atoms with E-state index in [2.05, 4.69) is 15.3 Å². The van der Waals surface area contributed by atoms with Crippen LogP contribution in [0.1, 0.15) is 48.8 Å². The number of benzene rings is 2. The van der Waals surface area contributed by atoms with Gasteiger partial charge in [0.1, 0.15) is 17.4 Å². The van der Waals surface area contributed by atoms with Crippen molar-refractivity contribution in [1.29, 1.82) is 0 Å². The summed E-state index contributed by atoms with van der Waals surface area (Å²) >= 11 is 0.